The van der Waals surface area contributed by atoms with Gasteiger partial charge in [-0.1, -0.05) is 23.7 Å². The van der Waals surface area contributed by atoms with Crippen LogP contribution in [0.15, 0.2) is 36.7 Å². The van der Waals surface area contributed by atoms with Crippen molar-refractivity contribution in [2.75, 3.05) is 5.32 Å². The first-order chi connectivity index (χ1) is 10.1. The predicted molar refractivity (Wildman–Crippen MR) is 81.0 cm³/mol. The Labute approximate surface area is 134 Å². The van der Waals surface area contributed by atoms with Gasteiger partial charge in [0.25, 0.3) is 0 Å². The van der Waals surface area contributed by atoms with Crippen LogP contribution >= 0.6 is 34.8 Å². The molecule has 108 valence electrons. The number of nitrogens with zero attached hydrogens (tertiary/aromatic N) is 5. The van der Waals surface area contributed by atoms with E-state index in [1.54, 1.807) is 24.5 Å². The van der Waals surface area contributed by atoms with E-state index in [-0.39, 0.29) is 16.5 Å². The summed E-state index contributed by atoms with van der Waals surface area (Å²) in [4.78, 5) is 11.4. The van der Waals surface area contributed by atoms with Gasteiger partial charge in [-0.3, -0.25) is 0 Å². The molecule has 3 aromatic rings. The van der Waals surface area contributed by atoms with Gasteiger partial charge in [-0.25, -0.2) is 0 Å². The van der Waals surface area contributed by atoms with Crippen molar-refractivity contribution in [2.24, 2.45) is 0 Å². The van der Waals surface area contributed by atoms with E-state index < -0.39 is 0 Å². The minimum Gasteiger partial charge on any atom is -0.323 e. The van der Waals surface area contributed by atoms with Crippen LogP contribution in [0.4, 0.5) is 11.6 Å². The molecule has 0 aliphatic carbocycles. The highest BCUT2D eigenvalue weighted by molar-refractivity contribution is 6.33. The summed E-state index contributed by atoms with van der Waals surface area (Å²) in [7, 11) is 0. The topological polar surface area (TPSA) is 92.3 Å². The standard InChI is InChI=1S/C9H5Cl3N4.C2H3N3/c10-5-3-1-2-4-6(5)13-9-15-7(11)14-8(12)16-9;1-2-4-5-3-1/h1-4H,(H,13,14,15,16);1-2H,(H,3,4,5). The molecule has 2 N–H and O–H groups in total. The Morgan fingerprint density at radius 3 is 2.00 bits per heavy atom. The number of rotatable bonds is 2. The Kier molecular flexibility index (Phi) is 5.68. The van der Waals surface area contributed by atoms with Crippen LogP contribution in [0.1, 0.15) is 0 Å². The molecule has 1 aromatic carbocycles. The second-order valence-corrected chi connectivity index (χ2v) is 4.54. The lowest BCUT2D eigenvalue weighted by Gasteiger charge is -2.06. The zero-order chi connectivity index (χ0) is 15.1. The third-order valence-electron chi connectivity index (χ3n) is 2.03. The number of hydrogen-bond donors (Lipinski definition) is 2. The number of para-hydroxylation sites is 1. The Morgan fingerprint density at radius 2 is 1.48 bits per heavy atom. The van der Waals surface area contributed by atoms with E-state index in [0.29, 0.717) is 10.7 Å². The minimum absolute atomic E-state index is 0.0227. The van der Waals surface area contributed by atoms with Gasteiger partial charge in [0, 0.05) is 0 Å². The number of H-pyrrole nitrogens is 1. The number of halogens is 3. The van der Waals surface area contributed by atoms with Crippen LogP contribution in [0.5, 0.6) is 0 Å². The average molecular weight is 345 g/mol. The van der Waals surface area contributed by atoms with Gasteiger partial charge in [-0.15, -0.1) is 0 Å². The molecule has 0 bridgehead atoms. The summed E-state index contributed by atoms with van der Waals surface area (Å²) in [6, 6.07) is 7.18. The second-order valence-electron chi connectivity index (χ2n) is 3.46. The van der Waals surface area contributed by atoms with Crippen LogP contribution in [-0.4, -0.2) is 30.4 Å². The third-order valence-corrected chi connectivity index (χ3v) is 2.70. The van der Waals surface area contributed by atoms with Gasteiger partial charge in [-0.2, -0.15) is 30.4 Å². The van der Waals surface area contributed by atoms with E-state index in [1.807, 2.05) is 12.1 Å². The smallest absolute Gasteiger partial charge is 0.232 e. The van der Waals surface area contributed by atoms with Crippen molar-refractivity contribution in [1.29, 1.82) is 0 Å². The van der Waals surface area contributed by atoms with Crippen molar-refractivity contribution < 1.29 is 0 Å². The van der Waals surface area contributed by atoms with E-state index >= 15 is 0 Å². The highest BCUT2D eigenvalue weighted by Crippen LogP contribution is 2.23. The van der Waals surface area contributed by atoms with Crippen LogP contribution < -0.4 is 5.32 Å². The molecule has 0 aliphatic heterocycles. The van der Waals surface area contributed by atoms with E-state index in [9.17, 15) is 0 Å². The number of hydrogen-bond acceptors (Lipinski definition) is 6. The van der Waals surface area contributed by atoms with E-state index in [1.165, 1.54) is 0 Å². The largest absolute Gasteiger partial charge is 0.323 e. The Balaban J connectivity index is 0.000000272. The maximum absolute atomic E-state index is 5.95. The highest BCUT2D eigenvalue weighted by atomic mass is 35.5. The summed E-state index contributed by atoms with van der Waals surface area (Å²) in [6.07, 6.45) is 3.17. The van der Waals surface area contributed by atoms with Crippen LogP contribution in [0.3, 0.4) is 0 Å². The fraction of sp³-hybridized carbons (Fsp3) is 0. The van der Waals surface area contributed by atoms with Crippen LogP contribution in [-0.2, 0) is 0 Å². The molecule has 2 heterocycles. The van der Waals surface area contributed by atoms with Crippen LogP contribution in [0, 0.1) is 0 Å². The molecule has 2 aromatic heterocycles. The van der Waals surface area contributed by atoms with Gasteiger partial charge < -0.3 is 5.32 Å². The van der Waals surface area contributed by atoms with Gasteiger partial charge in [0.1, 0.15) is 0 Å². The molecule has 0 aliphatic rings. The third kappa shape index (κ3) is 5.14. The first-order valence-corrected chi connectivity index (χ1v) is 6.67. The first-order valence-electron chi connectivity index (χ1n) is 5.53. The molecule has 3 rings (SSSR count). The van der Waals surface area contributed by atoms with Crippen molar-refractivity contribution >= 4 is 46.4 Å². The monoisotopic (exact) mass is 343 g/mol. The molecule has 7 nitrogen and oxygen atoms in total. The lowest BCUT2D eigenvalue weighted by molar-refractivity contribution is 0.940. The Morgan fingerprint density at radius 1 is 0.857 bits per heavy atom. The molecule has 0 saturated heterocycles. The summed E-state index contributed by atoms with van der Waals surface area (Å²) in [5.41, 5.74) is 0.669. The number of aromatic nitrogens is 6. The molecule has 0 saturated carbocycles. The van der Waals surface area contributed by atoms with E-state index in [2.05, 4.69) is 35.7 Å². The Hall–Kier alpha value is -1.96. The van der Waals surface area contributed by atoms with Gasteiger partial charge in [-0.05, 0) is 35.3 Å². The lowest BCUT2D eigenvalue weighted by atomic mass is 10.3. The molecule has 0 atom stereocenters. The van der Waals surface area contributed by atoms with Crippen molar-refractivity contribution in [3.8, 4) is 0 Å². The Bertz CT molecular complexity index is 653. The van der Waals surface area contributed by atoms with Gasteiger partial charge in [0.2, 0.25) is 16.5 Å². The zero-order valence-corrected chi connectivity index (χ0v) is 12.6. The molecule has 10 heteroatoms. The van der Waals surface area contributed by atoms with Crippen molar-refractivity contribution in [3.05, 3.63) is 52.2 Å². The second kappa shape index (κ2) is 7.72. The number of anilines is 2. The van der Waals surface area contributed by atoms with Crippen molar-refractivity contribution in [3.63, 3.8) is 0 Å². The van der Waals surface area contributed by atoms with E-state index in [4.69, 9.17) is 34.8 Å². The molecule has 0 fully saturated rings. The van der Waals surface area contributed by atoms with Gasteiger partial charge in [0.05, 0.1) is 23.1 Å². The normalized spacial score (nSPS) is 9.67. The first kappa shape index (κ1) is 15.4. The number of aromatic amines is 1. The molecule has 0 spiro atoms. The van der Waals surface area contributed by atoms with Gasteiger partial charge >= 0.3 is 0 Å². The molecule has 21 heavy (non-hydrogen) atoms. The number of benzene rings is 1. The summed E-state index contributed by atoms with van der Waals surface area (Å²) in [6.45, 7) is 0. The number of nitrogens with one attached hydrogen (secondary N) is 2. The summed E-state index contributed by atoms with van der Waals surface area (Å²) < 4.78 is 0. The van der Waals surface area contributed by atoms with Crippen LogP contribution in [0.25, 0.3) is 0 Å². The fourth-order valence-corrected chi connectivity index (χ4v) is 1.78. The van der Waals surface area contributed by atoms with Crippen molar-refractivity contribution in [2.45, 2.75) is 0 Å². The molecular weight excluding hydrogens is 337 g/mol. The highest BCUT2D eigenvalue weighted by Gasteiger charge is 2.05. The quantitative estimate of drug-likeness (QED) is 0.740. The average Bonchev–Trinajstić information content (AvgIpc) is 2.99. The van der Waals surface area contributed by atoms with Crippen molar-refractivity contribution in [1.82, 2.24) is 30.4 Å². The van der Waals surface area contributed by atoms with Crippen LogP contribution in [0.2, 0.25) is 15.6 Å². The SMILES string of the molecule is Clc1nc(Cl)nc(Nc2ccccc2Cl)n1.c1cn[nH]n1. The summed E-state index contributed by atoms with van der Waals surface area (Å²) in [5.74, 6) is 0.248. The predicted octanol–water partition coefficient (Wildman–Crippen LogP) is 3.38. The zero-order valence-electron chi connectivity index (χ0n) is 10.3. The maximum atomic E-state index is 5.95. The summed E-state index contributed by atoms with van der Waals surface area (Å²) >= 11 is 17.2. The van der Waals surface area contributed by atoms with Gasteiger partial charge in [0.15, 0.2) is 0 Å². The molecule has 0 amide bonds. The molecule has 0 unspecified atom stereocenters. The fourth-order valence-electron chi connectivity index (χ4n) is 1.23. The maximum Gasteiger partial charge on any atom is 0.232 e. The molecule has 0 radical (unpaired) electrons. The summed E-state index contributed by atoms with van der Waals surface area (Å²) in [5, 5.41) is 12.8. The van der Waals surface area contributed by atoms with E-state index in [0.717, 1.165) is 0 Å². The molecular formula is C11H8Cl3N7. The minimum atomic E-state index is 0.0227. The lowest BCUT2D eigenvalue weighted by Crippen LogP contribution is -1.99.